The molecule has 0 aliphatic carbocycles. The third-order valence-corrected chi connectivity index (χ3v) is 4.04. The number of carbonyl (C=O) groups excluding carboxylic acids is 1. The highest BCUT2D eigenvalue weighted by atomic mass is 32.1. The van der Waals surface area contributed by atoms with Crippen molar-refractivity contribution in [2.75, 3.05) is 31.1 Å². The molecule has 2 heterocycles. The van der Waals surface area contributed by atoms with Crippen LogP contribution in [0.25, 0.3) is 0 Å². The summed E-state index contributed by atoms with van der Waals surface area (Å²) in [6.07, 6.45) is 1.44. The minimum atomic E-state index is -0.472. The summed E-state index contributed by atoms with van der Waals surface area (Å²) in [7, 11) is 0. The van der Waals surface area contributed by atoms with Gasteiger partial charge in [-0.25, -0.2) is 8.78 Å². The van der Waals surface area contributed by atoms with Crippen molar-refractivity contribution in [2.45, 2.75) is 0 Å². The van der Waals surface area contributed by atoms with Crippen LogP contribution in [0.2, 0.25) is 0 Å². The van der Waals surface area contributed by atoms with E-state index in [0.717, 1.165) is 23.7 Å². The molecule has 1 saturated heterocycles. The van der Waals surface area contributed by atoms with Gasteiger partial charge in [0.2, 0.25) is 0 Å². The quantitative estimate of drug-likeness (QED) is 0.848. The molecule has 1 fully saturated rings. The van der Waals surface area contributed by atoms with Crippen molar-refractivity contribution in [1.82, 2.24) is 14.5 Å². The molecule has 1 aromatic heterocycles. The number of aromatic nitrogens is 2. The smallest absolute Gasteiger partial charge is 0.267 e. The van der Waals surface area contributed by atoms with Gasteiger partial charge in [-0.3, -0.25) is 4.79 Å². The average molecular weight is 310 g/mol. The molecule has 110 valence electrons. The zero-order valence-electron chi connectivity index (χ0n) is 11.0. The molecule has 0 unspecified atom stereocenters. The summed E-state index contributed by atoms with van der Waals surface area (Å²) in [6, 6.07) is 3.39. The second-order valence-electron chi connectivity index (χ2n) is 4.66. The van der Waals surface area contributed by atoms with Gasteiger partial charge >= 0.3 is 0 Å². The van der Waals surface area contributed by atoms with Crippen LogP contribution >= 0.6 is 11.5 Å². The Morgan fingerprint density at radius 2 is 1.95 bits per heavy atom. The second-order valence-corrected chi connectivity index (χ2v) is 5.44. The van der Waals surface area contributed by atoms with Gasteiger partial charge in [-0.15, -0.1) is 5.10 Å². The molecule has 0 bridgehead atoms. The zero-order chi connectivity index (χ0) is 14.8. The van der Waals surface area contributed by atoms with Crippen molar-refractivity contribution in [1.29, 1.82) is 0 Å². The molecule has 0 radical (unpaired) electrons. The van der Waals surface area contributed by atoms with Crippen LogP contribution in [0.15, 0.2) is 24.4 Å². The van der Waals surface area contributed by atoms with Crippen LogP contribution in [-0.2, 0) is 0 Å². The first-order valence-corrected chi connectivity index (χ1v) is 7.19. The normalized spacial score (nSPS) is 15.3. The molecule has 0 spiro atoms. The van der Waals surface area contributed by atoms with Crippen molar-refractivity contribution in [3.63, 3.8) is 0 Å². The Morgan fingerprint density at radius 1 is 1.19 bits per heavy atom. The molecule has 8 heteroatoms. The van der Waals surface area contributed by atoms with E-state index in [1.807, 2.05) is 0 Å². The molecule has 0 atom stereocenters. The maximum Gasteiger partial charge on any atom is 0.267 e. The van der Waals surface area contributed by atoms with Crippen molar-refractivity contribution < 1.29 is 13.6 Å². The van der Waals surface area contributed by atoms with E-state index in [4.69, 9.17) is 0 Å². The maximum atomic E-state index is 13.7. The lowest BCUT2D eigenvalue weighted by molar-refractivity contribution is 0.0751. The van der Waals surface area contributed by atoms with Gasteiger partial charge in [-0.2, -0.15) is 0 Å². The third-order valence-electron chi connectivity index (χ3n) is 3.39. The lowest BCUT2D eigenvalue weighted by atomic mass is 10.2. The van der Waals surface area contributed by atoms with Crippen LogP contribution in [0.5, 0.6) is 0 Å². The van der Waals surface area contributed by atoms with Gasteiger partial charge in [0.05, 0.1) is 11.9 Å². The third kappa shape index (κ3) is 2.85. The Balaban J connectivity index is 1.68. The molecule has 1 amide bonds. The Labute approximate surface area is 124 Å². The number of halogens is 2. The van der Waals surface area contributed by atoms with E-state index in [-0.39, 0.29) is 11.6 Å². The van der Waals surface area contributed by atoms with E-state index in [9.17, 15) is 13.6 Å². The number of anilines is 1. The van der Waals surface area contributed by atoms with Crippen molar-refractivity contribution in [2.24, 2.45) is 0 Å². The van der Waals surface area contributed by atoms with E-state index >= 15 is 0 Å². The fraction of sp³-hybridized carbons (Fsp3) is 0.308. The van der Waals surface area contributed by atoms with Crippen LogP contribution in [0, 0.1) is 11.6 Å². The largest absolute Gasteiger partial charge is 0.366 e. The van der Waals surface area contributed by atoms with E-state index in [1.165, 1.54) is 12.3 Å². The summed E-state index contributed by atoms with van der Waals surface area (Å²) >= 11 is 1.05. The van der Waals surface area contributed by atoms with Crippen molar-refractivity contribution >= 4 is 23.1 Å². The second kappa shape index (κ2) is 5.72. The topological polar surface area (TPSA) is 49.3 Å². The summed E-state index contributed by atoms with van der Waals surface area (Å²) in [5, 5.41) is 3.64. The molecule has 0 saturated carbocycles. The SMILES string of the molecule is O=C(c1cnns1)N1CCN(c2cc(F)ccc2F)CC1. The summed E-state index contributed by atoms with van der Waals surface area (Å²) < 4.78 is 30.6. The highest BCUT2D eigenvalue weighted by Gasteiger charge is 2.24. The first-order chi connectivity index (χ1) is 10.1. The van der Waals surface area contributed by atoms with Crippen LogP contribution in [0.1, 0.15) is 9.67 Å². The Hall–Kier alpha value is -2.09. The van der Waals surface area contributed by atoms with Crippen LogP contribution in [0.3, 0.4) is 0 Å². The monoisotopic (exact) mass is 310 g/mol. The van der Waals surface area contributed by atoms with Gasteiger partial charge in [0.25, 0.3) is 5.91 Å². The van der Waals surface area contributed by atoms with Gasteiger partial charge in [-0.1, -0.05) is 4.49 Å². The van der Waals surface area contributed by atoms with Gasteiger partial charge in [0.15, 0.2) is 0 Å². The van der Waals surface area contributed by atoms with E-state index in [1.54, 1.807) is 9.80 Å². The number of carbonyl (C=O) groups is 1. The fourth-order valence-electron chi connectivity index (χ4n) is 2.30. The summed E-state index contributed by atoms with van der Waals surface area (Å²) in [5.41, 5.74) is 0.238. The highest BCUT2D eigenvalue weighted by molar-refractivity contribution is 7.07. The molecule has 1 aliphatic heterocycles. The van der Waals surface area contributed by atoms with Crippen LogP contribution in [0.4, 0.5) is 14.5 Å². The summed E-state index contributed by atoms with van der Waals surface area (Å²) in [5.74, 6) is -1.05. The average Bonchev–Trinajstić information content (AvgIpc) is 3.03. The first-order valence-electron chi connectivity index (χ1n) is 6.42. The molecule has 5 nitrogen and oxygen atoms in total. The number of piperazine rings is 1. The molecule has 21 heavy (non-hydrogen) atoms. The van der Waals surface area contributed by atoms with Crippen molar-refractivity contribution in [3.05, 3.63) is 40.9 Å². The van der Waals surface area contributed by atoms with Gasteiger partial charge in [0, 0.05) is 32.2 Å². The molecular formula is C13H12F2N4OS. The summed E-state index contributed by atoms with van der Waals surface area (Å²) in [6.45, 7) is 1.82. The molecule has 1 aliphatic rings. The molecule has 3 rings (SSSR count). The van der Waals surface area contributed by atoms with E-state index in [0.29, 0.717) is 31.1 Å². The Kier molecular flexibility index (Phi) is 3.78. The van der Waals surface area contributed by atoms with Crippen LogP contribution in [-0.4, -0.2) is 46.6 Å². The molecule has 1 aromatic carbocycles. The van der Waals surface area contributed by atoms with Crippen molar-refractivity contribution in [3.8, 4) is 0 Å². The minimum absolute atomic E-state index is 0.121. The highest BCUT2D eigenvalue weighted by Crippen LogP contribution is 2.22. The lowest BCUT2D eigenvalue weighted by Crippen LogP contribution is -2.48. The number of benzene rings is 1. The summed E-state index contributed by atoms with van der Waals surface area (Å²) in [4.78, 5) is 16.0. The maximum absolute atomic E-state index is 13.7. The zero-order valence-corrected chi connectivity index (χ0v) is 11.8. The van der Waals surface area contributed by atoms with Crippen LogP contribution < -0.4 is 4.90 Å². The van der Waals surface area contributed by atoms with Gasteiger partial charge in [-0.05, 0) is 23.7 Å². The number of rotatable bonds is 2. The number of hydrogen-bond donors (Lipinski definition) is 0. The minimum Gasteiger partial charge on any atom is -0.366 e. The lowest BCUT2D eigenvalue weighted by Gasteiger charge is -2.35. The number of amides is 1. The van der Waals surface area contributed by atoms with E-state index < -0.39 is 11.6 Å². The number of nitrogens with zero attached hydrogens (tertiary/aromatic N) is 4. The molecular weight excluding hydrogens is 298 g/mol. The van der Waals surface area contributed by atoms with Gasteiger partial charge in [0.1, 0.15) is 16.5 Å². The Bertz CT molecular complexity index is 642. The predicted molar refractivity (Wildman–Crippen MR) is 74.4 cm³/mol. The standard InChI is InChI=1S/C13H12F2N4OS/c14-9-1-2-10(15)11(7-9)18-3-5-19(6-4-18)13(20)12-8-16-17-21-12/h1-2,7-8H,3-6H2. The number of hydrogen-bond acceptors (Lipinski definition) is 5. The molecule has 0 N–H and O–H groups in total. The molecule has 2 aromatic rings. The first kappa shape index (κ1) is 13.9. The van der Waals surface area contributed by atoms with Gasteiger partial charge < -0.3 is 9.80 Å². The fourth-order valence-corrected chi connectivity index (χ4v) is 2.78. The predicted octanol–water partition coefficient (Wildman–Crippen LogP) is 1.78. The van der Waals surface area contributed by atoms with E-state index in [2.05, 4.69) is 9.59 Å². The Morgan fingerprint density at radius 3 is 2.62 bits per heavy atom.